The van der Waals surface area contributed by atoms with Crippen LogP contribution in [0.15, 0.2) is 21.5 Å². The SMILES string of the molecule is CC(C)N(CC(=O)O)S(=O)(=O)c1cc(Cl)c(Br)cc1F. The minimum absolute atomic E-state index is 0.0176. The van der Waals surface area contributed by atoms with Crippen LogP contribution in [0.4, 0.5) is 4.39 Å². The van der Waals surface area contributed by atoms with Crippen molar-refractivity contribution in [3.63, 3.8) is 0 Å². The summed E-state index contributed by atoms with van der Waals surface area (Å²) in [6.07, 6.45) is 0. The molecule has 0 bridgehead atoms. The van der Waals surface area contributed by atoms with Gasteiger partial charge in [0, 0.05) is 10.5 Å². The number of carboxylic acid groups (broad SMARTS) is 1. The molecule has 0 unspecified atom stereocenters. The van der Waals surface area contributed by atoms with E-state index in [0.717, 1.165) is 12.1 Å². The number of nitrogens with zero attached hydrogens (tertiary/aromatic N) is 1. The molecule has 1 rings (SSSR count). The molecule has 112 valence electrons. The van der Waals surface area contributed by atoms with Crippen LogP contribution in [0.3, 0.4) is 0 Å². The maximum Gasteiger partial charge on any atom is 0.318 e. The topological polar surface area (TPSA) is 74.7 Å². The zero-order valence-corrected chi connectivity index (χ0v) is 13.8. The molecule has 0 fully saturated rings. The van der Waals surface area contributed by atoms with E-state index in [0.29, 0.717) is 4.31 Å². The van der Waals surface area contributed by atoms with E-state index in [1.165, 1.54) is 13.8 Å². The van der Waals surface area contributed by atoms with E-state index in [1.54, 1.807) is 0 Å². The quantitative estimate of drug-likeness (QED) is 0.787. The van der Waals surface area contributed by atoms with Gasteiger partial charge in [-0.3, -0.25) is 4.79 Å². The van der Waals surface area contributed by atoms with Gasteiger partial charge in [-0.1, -0.05) is 11.6 Å². The van der Waals surface area contributed by atoms with Crippen LogP contribution >= 0.6 is 27.5 Å². The highest BCUT2D eigenvalue weighted by atomic mass is 79.9. The Hall–Kier alpha value is -0.700. The van der Waals surface area contributed by atoms with Gasteiger partial charge in [0.15, 0.2) is 0 Å². The zero-order valence-electron chi connectivity index (χ0n) is 10.6. The van der Waals surface area contributed by atoms with E-state index in [-0.39, 0.29) is 9.50 Å². The molecule has 0 amide bonds. The summed E-state index contributed by atoms with van der Waals surface area (Å²) in [6, 6.07) is 1.24. The van der Waals surface area contributed by atoms with Gasteiger partial charge >= 0.3 is 5.97 Å². The molecular formula is C11H12BrClFNO4S. The second kappa shape index (κ2) is 6.38. The van der Waals surface area contributed by atoms with Gasteiger partial charge in [-0.2, -0.15) is 4.31 Å². The third-order valence-electron chi connectivity index (χ3n) is 2.43. The first kappa shape index (κ1) is 17.4. The van der Waals surface area contributed by atoms with Gasteiger partial charge < -0.3 is 5.11 Å². The summed E-state index contributed by atoms with van der Waals surface area (Å²) in [7, 11) is -4.29. The first-order valence-corrected chi connectivity index (χ1v) is 8.06. The molecule has 1 aromatic carbocycles. The Morgan fingerprint density at radius 2 is 2.05 bits per heavy atom. The van der Waals surface area contributed by atoms with Gasteiger partial charge in [-0.25, -0.2) is 12.8 Å². The van der Waals surface area contributed by atoms with Crippen LogP contribution in [0, 0.1) is 5.82 Å². The summed E-state index contributed by atoms with van der Waals surface area (Å²) in [4.78, 5) is 10.1. The average molecular weight is 389 g/mol. The minimum atomic E-state index is -4.29. The summed E-state index contributed by atoms with van der Waals surface area (Å²) in [5.41, 5.74) is 0. The van der Waals surface area contributed by atoms with Gasteiger partial charge in [0.1, 0.15) is 17.3 Å². The summed E-state index contributed by atoms with van der Waals surface area (Å²) < 4.78 is 39.4. The summed E-state index contributed by atoms with van der Waals surface area (Å²) in [5.74, 6) is -2.33. The predicted molar refractivity (Wildman–Crippen MR) is 75.8 cm³/mol. The number of sulfonamides is 1. The number of benzene rings is 1. The van der Waals surface area contributed by atoms with Crippen molar-refractivity contribution >= 4 is 43.5 Å². The monoisotopic (exact) mass is 387 g/mol. The van der Waals surface area contributed by atoms with Crippen LogP contribution in [-0.2, 0) is 14.8 Å². The van der Waals surface area contributed by atoms with E-state index >= 15 is 0 Å². The largest absolute Gasteiger partial charge is 0.480 e. The molecule has 0 spiro atoms. The van der Waals surface area contributed by atoms with E-state index in [2.05, 4.69) is 15.9 Å². The van der Waals surface area contributed by atoms with Crippen molar-refractivity contribution < 1.29 is 22.7 Å². The molecule has 9 heteroatoms. The molecule has 5 nitrogen and oxygen atoms in total. The highest BCUT2D eigenvalue weighted by Crippen LogP contribution is 2.30. The second-order valence-electron chi connectivity index (χ2n) is 4.23. The lowest BCUT2D eigenvalue weighted by Gasteiger charge is -2.24. The molecule has 0 heterocycles. The van der Waals surface area contributed by atoms with Crippen LogP contribution in [-0.4, -0.2) is 36.4 Å². The first-order valence-electron chi connectivity index (χ1n) is 5.45. The van der Waals surface area contributed by atoms with Crippen molar-refractivity contribution in [2.24, 2.45) is 0 Å². The van der Waals surface area contributed by atoms with Crippen molar-refractivity contribution in [3.8, 4) is 0 Å². The second-order valence-corrected chi connectivity index (χ2v) is 7.36. The molecular weight excluding hydrogens is 377 g/mol. The Balaban J connectivity index is 3.41. The Kier molecular flexibility index (Phi) is 5.54. The van der Waals surface area contributed by atoms with E-state index < -0.39 is 39.3 Å². The third-order valence-corrected chi connectivity index (χ3v) is 5.66. The average Bonchev–Trinajstić information content (AvgIpc) is 2.29. The van der Waals surface area contributed by atoms with Gasteiger partial charge in [0.05, 0.1) is 5.02 Å². The van der Waals surface area contributed by atoms with Crippen molar-refractivity contribution in [3.05, 3.63) is 27.4 Å². The van der Waals surface area contributed by atoms with Crippen molar-refractivity contribution in [2.45, 2.75) is 24.8 Å². The molecule has 0 aliphatic heterocycles. The lowest BCUT2D eigenvalue weighted by atomic mass is 10.3. The first-order chi connectivity index (χ1) is 9.07. The highest BCUT2D eigenvalue weighted by molar-refractivity contribution is 9.10. The maximum absolute atomic E-state index is 13.8. The fourth-order valence-corrected chi connectivity index (χ4v) is 3.71. The number of carboxylic acids is 1. The van der Waals surface area contributed by atoms with Gasteiger partial charge in [0.25, 0.3) is 0 Å². The number of rotatable bonds is 5. The summed E-state index contributed by atoms with van der Waals surface area (Å²) in [5, 5.41) is 8.80. The molecule has 1 N–H and O–H groups in total. The van der Waals surface area contributed by atoms with Gasteiger partial charge in [0.2, 0.25) is 10.0 Å². The lowest BCUT2D eigenvalue weighted by molar-refractivity contribution is -0.137. The molecule has 0 atom stereocenters. The molecule has 20 heavy (non-hydrogen) atoms. The molecule has 1 aromatic rings. The Bertz CT molecular complexity index is 636. The Morgan fingerprint density at radius 3 is 2.50 bits per heavy atom. The molecule has 0 radical (unpaired) electrons. The van der Waals surface area contributed by atoms with E-state index in [4.69, 9.17) is 16.7 Å². The van der Waals surface area contributed by atoms with E-state index in [9.17, 15) is 17.6 Å². The van der Waals surface area contributed by atoms with Crippen LogP contribution in [0.25, 0.3) is 0 Å². The molecule has 0 aliphatic carbocycles. The number of carbonyl (C=O) groups is 1. The molecule has 0 aromatic heterocycles. The van der Waals surface area contributed by atoms with Crippen molar-refractivity contribution in [1.82, 2.24) is 4.31 Å². The maximum atomic E-state index is 13.8. The number of hydrogen-bond acceptors (Lipinski definition) is 3. The van der Waals surface area contributed by atoms with Crippen molar-refractivity contribution in [1.29, 1.82) is 0 Å². The summed E-state index contributed by atoms with van der Waals surface area (Å²) in [6.45, 7) is 2.24. The Labute approximate surface area is 129 Å². The van der Waals surface area contributed by atoms with Crippen LogP contribution in [0.5, 0.6) is 0 Å². The van der Waals surface area contributed by atoms with Crippen LogP contribution < -0.4 is 0 Å². The Morgan fingerprint density at radius 1 is 1.50 bits per heavy atom. The molecule has 0 saturated heterocycles. The van der Waals surface area contributed by atoms with Crippen molar-refractivity contribution in [2.75, 3.05) is 6.54 Å². The normalized spacial score (nSPS) is 12.2. The fourth-order valence-electron chi connectivity index (χ4n) is 1.51. The number of halogens is 3. The summed E-state index contributed by atoms with van der Waals surface area (Å²) >= 11 is 8.75. The van der Waals surface area contributed by atoms with Gasteiger partial charge in [-0.15, -0.1) is 0 Å². The number of aliphatic carboxylic acids is 1. The minimum Gasteiger partial charge on any atom is -0.480 e. The predicted octanol–water partition coefficient (Wildman–Crippen LogP) is 2.73. The van der Waals surface area contributed by atoms with Crippen LogP contribution in [0.2, 0.25) is 5.02 Å². The van der Waals surface area contributed by atoms with E-state index in [1.807, 2.05) is 0 Å². The standard InChI is InChI=1S/C11H12BrClFNO4S/c1-6(2)15(5-11(16)17)20(18,19)10-4-8(13)7(12)3-9(10)14/h3-4,6H,5H2,1-2H3,(H,16,17). The molecule has 0 aliphatic rings. The van der Waals surface area contributed by atoms with Gasteiger partial charge in [-0.05, 0) is 41.9 Å². The lowest BCUT2D eigenvalue weighted by Crippen LogP contribution is -2.40. The zero-order chi connectivity index (χ0) is 15.7. The third kappa shape index (κ3) is 3.69. The smallest absolute Gasteiger partial charge is 0.318 e. The van der Waals surface area contributed by atoms with Crippen LogP contribution in [0.1, 0.15) is 13.8 Å². The molecule has 0 saturated carbocycles. The fraction of sp³-hybridized carbons (Fsp3) is 0.364. The highest BCUT2D eigenvalue weighted by Gasteiger charge is 2.31. The number of hydrogen-bond donors (Lipinski definition) is 1.